The first-order chi connectivity index (χ1) is 22.6. The minimum absolute atomic E-state index is 0.151. The predicted octanol–water partition coefficient (Wildman–Crippen LogP) is 5.58. The molecule has 1 amide bonds. The van der Waals surface area contributed by atoms with Crippen molar-refractivity contribution in [2.24, 2.45) is 5.41 Å². The second kappa shape index (κ2) is 11.7. The van der Waals surface area contributed by atoms with E-state index in [1.807, 2.05) is 43.9 Å². The maximum Gasteiger partial charge on any atom is 0.410 e. The Bertz CT molecular complexity index is 1620. The highest BCUT2D eigenvalue weighted by atomic mass is 16.6. The van der Waals surface area contributed by atoms with Crippen molar-refractivity contribution in [3.63, 3.8) is 0 Å². The quantitative estimate of drug-likeness (QED) is 0.381. The SMILES string of the molecule is C[C@@H]1c2c([nH]c3nnc(-c4ccccc4O)cc23)CCN1[C@H]1CC[C@H](N2CCN(C3CC4(C3)CN(C(=O)OC(C)(C)C)C4)CC2)CC1. The number of rotatable bonds is 4. The van der Waals surface area contributed by atoms with Gasteiger partial charge in [-0.05, 0) is 90.0 Å². The van der Waals surface area contributed by atoms with E-state index in [4.69, 9.17) is 4.74 Å². The number of carbonyl (C=O) groups is 1. The van der Waals surface area contributed by atoms with Crippen LogP contribution >= 0.6 is 0 Å². The van der Waals surface area contributed by atoms with Gasteiger partial charge in [-0.15, -0.1) is 10.2 Å². The maximum atomic E-state index is 12.4. The summed E-state index contributed by atoms with van der Waals surface area (Å²) in [6, 6.07) is 11.8. The number of nitrogens with zero attached hydrogens (tertiary/aromatic N) is 6. The monoisotopic (exact) mass is 641 g/mol. The highest BCUT2D eigenvalue weighted by Gasteiger charge is 2.55. The molecule has 0 bridgehead atoms. The van der Waals surface area contributed by atoms with Gasteiger partial charge in [0.05, 0.1) is 5.69 Å². The van der Waals surface area contributed by atoms with Gasteiger partial charge < -0.3 is 19.7 Å². The van der Waals surface area contributed by atoms with E-state index in [0.29, 0.717) is 35.3 Å². The Labute approximate surface area is 278 Å². The molecule has 0 radical (unpaired) electrons. The zero-order chi connectivity index (χ0) is 32.5. The number of likely N-dealkylation sites (tertiary alicyclic amines) is 1. The van der Waals surface area contributed by atoms with Crippen LogP contribution in [0.1, 0.15) is 83.5 Å². The summed E-state index contributed by atoms with van der Waals surface area (Å²) in [4.78, 5) is 26.1. The van der Waals surface area contributed by atoms with E-state index >= 15 is 0 Å². The second-order valence-electron chi connectivity index (χ2n) is 16.1. The Kier molecular flexibility index (Phi) is 7.76. The van der Waals surface area contributed by atoms with Crippen LogP contribution < -0.4 is 0 Å². The van der Waals surface area contributed by atoms with Crippen LogP contribution in [0.25, 0.3) is 22.3 Å². The highest BCUT2D eigenvalue weighted by molar-refractivity contribution is 5.86. The molecule has 10 heteroatoms. The molecule has 3 aliphatic heterocycles. The second-order valence-corrected chi connectivity index (χ2v) is 16.1. The smallest absolute Gasteiger partial charge is 0.410 e. The van der Waals surface area contributed by atoms with Gasteiger partial charge in [-0.25, -0.2) is 4.79 Å². The van der Waals surface area contributed by atoms with Crippen LogP contribution in [0.5, 0.6) is 5.75 Å². The molecule has 10 nitrogen and oxygen atoms in total. The number of aromatic nitrogens is 3. The van der Waals surface area contributed by atoms with Crippen molar-refractivity contribution < 1.29 is 14.6 Å². The Balaban J connectivity index is 0.825. The number of amides is 1. The third kappa shape index (κ3) is 5.80. The van der Waals surface area contributed by atoms with Gasteiger partial charge in [0.1, 0.15) is 11.4 Å². The molecule has 5 heterocycles. The minimum Gasteiger partial charge on any atom is -0.507 e. The molecule has 2 saturated heterocycles. The predicted molar refractivity (Wildman–Crippen MR) is 182 cm³/mol. The highest BCUT2D eigenvalue weighted by Crippen LogP contribution is 2.51. The van der Waals surface area contributed by atoms with Gasteiger partial charge in [0, 0.05) is 98.5 Å². The Morgan fingerprint density at radius 2 is 1.60 bits per heavy atom. The van der Waals surface area contributed by atoms with Gasteiger partial charge in [-0.1, -0.05) is 12.1 Å². The summed E-state index contributed by atoms with van der Waals surface area (Å²) in [5.74, 6) is 0.233. The van der Waals surface area contributed by atoms with Crippen LogP contribution in [0.2, 0.25) is 0 Å². The first-order valence-corrected chi connectivity index (χ1v) is 17.9. The Hall–Kier alpha value is -3.21. The van der Waals surface area contributed by atoms with Crippen molar-refractivity contribution in [3.05, 3.63) is 41.6 Å². The molecule has 0 unspecified atom stereocenters. The molecule has 2 saturated carbocycles. The van der Waals surface area contributed by atoms with Crippen LogP contribution in [0.4, 0.5) is 4.79 Å². The van der Waals surface area contributed by atoms with E-state index in [2.05, 4.69) is 42.9 Å². The molecule has 252 valence electrons. The van der Waals surface area contributed by atoms with Crippen LogP contribution in [-0.4, -0.2) is 116 Å². The Morgan fingerprint density at radius 1 is 0.936 bits per heavy atom. The molecule has 2 N–H and O–H groups in total. The normalized spacial score (nSPS) is 27.4. The summed E-state index contributed by atoms with van der Waals surface area (Å²) in [5, 5.41) is 20.5. The van der Waals surface area contributed by atoms with Gasteiger partial charge in [-0.3, -0.25) is 14.7 Å². The lowest BCUT2D eigenvalue weighted by Gasteiger charge is -2.61. The molecular weight excluding hydrogens is 590 g/mol. The number of nitrogens with one attached hydrogen (secondary N) is 1. The summed E-state index contributed by atoms with van der Waals surface area (Å²) in [7, 11) is 0. The molecule has 5 aliphatic rings. The number of hydrogen-bond donors (Lipinski definition) is 2. The fourth-order valence-electron chi connectivity index (χ4n) is 9.56. The van der Waals surface area contributed by atoms with Crippen molar-refractivity contribution in [3.8, 4) is 17.0 Å². The molecule has 4 fully saturated rings. The average Bonchev–Trinajstić information content (AvgIpc) is 3.38. The van der Waals surface area contributed by atoms with E-state index in [9.17, 15) is 9.90 Å². The molecular formula is C37H51N7O3. The fraction of sp³-hybridized carbons (Fsp3) is 0.649. The van der Waals surface area contributed by atoms with E-state index in [-0.39, 0.29) is 11.8 Å². The zero-order valence-electron chi connectivity index (χ0n) is 28.5. The first kappa shape index (κ1) is 31.1. The van der Waals surface area contributed by atoms with E-state index in [1.165, 1.54) is 76.0 Å². The summed E-state index contributed by atoms with van der Waals surface area (Å²) in [6.07, 6.45) is 8.39. The molecule has 8 rings (SSSR count). The van der Waals surface area contributed by atoms with Crippen LogP contribution in [0, 0.1) is 5.41 Å². The van der Waals surface area contributed by atoms with Crippen molar-refractivity contribution in [2.45, 2.75) is 102 Å². The van der Waals surface area contributed by atoms with Gasteiger partial charge in [0.15, 0.2) is 5.65 Å². The van der Waals surface area contributed by atoms with Gasteiger partial charge in [-0.2, -0.15) is 0 Å². The lowest BCUT2D eigenvalue weighted by Crippen LogP contribution is -2.69. The van der Waals surface area contributed by atoms with E-state index < -0.39 is 5.60 Å². The molecule has 3 aromatic rings. The van der Waals surface area contributed by atoms with Crippen molar-refractivity contribution in [2.75, 3.05) is 45.8 Å². The molecule has 2 aliphatic carbocycles. The number of para-hydroxylation sites is 1. The number of H-pyrrole nitrogens is 1. The molecule has 1 atom stereocenters. The summed E-state index contributed by atoms with van der Waals surface area (Å²) < 4.78 is 5.57. The molecule has 2 aromatic heterocycles. The molecule has 47 heavy (non-hydrogen) atoms. The third-order valence-electron chi connectivity index (χ3n) is 12.0. The van der Waals surface area contributed by atoms with E-state index in [1.54, 1.807) is 6.07 Å². The standard InChI is InChI=1S/C37H51N7O3/c1-24-33-29-19-31(28-7-5-6-8-32(28)45)39-40-34(29)38-30(33)13-14-44(24)26-11-9-25(10-12-26)41-15-17-42(18-16-41)27-20-37(21-27)22-43(23-37)35(46)47-36(2,3)4/h5-8,19,24-27,45H,9-18,20-23H2,1-4H3,(H,38,40)/t24-,25-,26-/m1/s1. The summed E-state index contributed by atoms with van der Waals surface area (Å²) in [5.41, 5.74) is 4.84. The number of piperazine rings is 1. The number of phenolic OH excluding ortho intramolecular Hbond substituents is 1. The van der Waals surface area contributed by atoms with Gasteiger partial charge >= 0.3 is 6.09 Å². The maximum absolute atomic E-state index is 12.4. The van der Waals surface area contributed by atoms with Crippen molar-refractivity contribution in [1.29, 1.82) is 0 Å². The largest absolute Gasteiger partial charge is 0.507 e. The van der Waals surface area contributed by atoms with Gasteiger partial charge in [0.25, 0.3) is 0 Å². The number of hydrogen-bond acceptors (Lipinski definition) is 8. The Morgan fingerprint density at radius 3 is 2.28 bits per heavy atom. The topological polar surface area (TPSA) is 101 Å². The third-order valence-corrected chi connectivity index (χ3v) is 12.0. The van der Waals surface area contributed by atoms with Crippen LogP contribution in [0.3, 0.4) is 0 Å². The first-order valence-electron chi connectivity index (χ1n) is 17.9. The van der Waals surface area contributed by atoms with Gasteiger partial charge in [0.2, 0.25) is 0 Å². The number of aromatic hydroxyl groups is 1. The number of benzene rings is 1. The summed E-state index contributed by atoms with van der Waals surface area (Å²) in [6.45, 7) is 15.7. The molecule has 1 aromatic carbocycles. The van der Waals surface area contributed by atoms with Crippen LogP contribution in [-0.2, 0) is 11.2 Å². The van der Waals surface area contributed by atoms with Crippen molar-refractivity contribution >= 4 is 17.1 Å². The van der Waals surface area contributed by atoms with Crippen molar-refractivity contribution in [1.82, 2.24) is 34.8 Å². The number of aromatic amines is 1. The minimum atomic E-state index is -0.425. The zero-order valence-corrected chi connectivity index (χ0v) is 28.5. The fourth-order valence-corrected chi connectivity index (χ4v) is 9.56. The summed E-state index contributed by atoms with van der Waals surface area (Å²) >= 11 is 0. The lowest BCUT2D eigenvalue weighted by molar-refractivity contribution is -0.114. The molecule has 1 spiro atoms. The van der Waals surface area contributed by atoms with E-state index in [0.717, 1.165) is 42.7 Å². The number of fused-ring (bicyclic) bond motifs is 3. The van der Waals surface area contributed by atoms with Crippen LogP contribution in [0.15, 0.2) is 30.3 Å². The lowest BCUT2D eigenvalue weighted by atomic mass is 9.60. The number of carbonyl (C=O) groups excluding carboxylic acids is 1. The average molecular weight is 642 g/mol. The number of phenols is 1. The number of ether oxygens (including phenoxy) is 1.